The van der Waals surface area contributed by atoms with Crippen LogP contribution in [0.15, 0.2) is 103 Å². The summed E-state index contributed by atoms with van der Waals surface area (Å²) in [7, 11) is 0. The largest absolute Gasteiger partial charge is 0.0842 e. The van der Waals surface area contributed by atoms with Gasteiger partial charge >= 0.3 is 0 Å². The first kappa shape index (κ1) is 21.4. The molecule has 0 unspecified atom stereocenters. The van der Waals surface area contributed by atoms with Crippen molar-refractivity contribution in [2.24, 2.45) is 0 Å². The molecule has 0 heterocycles. The Morgan fingerprint density at radius 1 is 0.607 bits per heavy atom. The lowest BCUT2D eigenvalue weighted by molar-refractivity contribution is 0.962. The SMILES string of the molecule is CC.CC1=CC=CCC1.Cc1ccc(-c2cccc(-c3ccccc3)c2)cc1. The van der Waals surface area contributed by atoms with E-state index < -0.39 is 0 Å². The number of hydrogen-bond acceptors (Lipinski definition) is 0. The lowest BCUT2D eigenvalue weighted by atomic mass is 9.99. The third kappa shape index (κ3) is 6.70. The van der Waals surface area contributed by atoms with E-state index in [1.54, 1.807) is 0 Å². The number of rotatable bonds is 2. The maximum atomic E-state index is 2.25. The molecule has 0 N–H and O–H groups in total. The maximum Gasteiger partial charge on any atom is -0.0178 e. The number of allylic oxidation sites excluding steroid dienone is 4. The van der Waals surface area contributed by atoms with Gasteiger partial charge in [-0.15, -0.1) is 0 Å². The summed E-state index contributed by atoms with van der Waals surface area (Å²) >= 11 is 0. The Morgan fingerprint density at radius 3 is 1.68 bits per heavy atom. The van der Waals surface area contributed by atoms with Gasteiger partial charge in [0.05, 0.1) is 0 Å². The molecule has 0 amide bonds. The van der Waals surface area contributed by atoms with Crippen LogP contribution < -0.4 is 0 Å². The van der Waals surface area contributed by atoms with Crippen molar-refractivity contribution < 1.29 is 0 Å². The van der Waals surface area contributed by atoms with Gasteiger partial charge < -0.3 is 0 Å². The van der Waals surface area contributed by atoms with Crippen molar-refractivity contribution in [2.75, 3.05) is 0 Å². The molecule has 0 aromatic heterocycles. The van der Waals surface area contributed by atoms with Crippen LogP contribution in [0.5, 0.6) is 0 Å². The van der Waals surface area contributed by atoms with Gasteiger partial charge in [-0.2, -0.15) is 0 Å². The Morgan fingerprint density at radius 2 is 1.18 bits per heavy atom. The van der Waals surface area contributed by atoms with E-state index in [4.69, 9.17) is 0 Å². The summed E-state index contributed by atoms with van der Waals surface area (Å²) < 4.78 is 0. The van der Waals surface area contributed by atoms with Gasteiger partial charge in [0.25, 0.3) is 0 Å². The molecule has 0 saturated carbocycles. The van der Waals surface area contributed by atoms with Gasteiger partial charge in [-0.25, -0.2) is 0 Å². The highest BCUT2D eigenvalue weighted by Crippen LogP contribution is 2.26. The van der Waals surface area contributed by atoms with Crippen LogP contribution in [0.4, 0.5) is 0 Å². The van der Waals surface area contributed by atoms with Gasteiger partial charge in [-0.3, -0.25) is 0 Å². The first-order valence-corrected chi connectivity index (χ1v) is 10.3. The lowest BCUT2D eigenvalue weighted by Gasteiger charge is -2.06. The molecule has 1 aliphatic carbocycles. The minimum absolute atomic E-state index is 1.24. The highest BCUT2D eigenvalue weighted by atomic mass is 14.1. The second-order valence-corrected chi connectivity index (χ2v) is 6.79. The molecule has 1 aliphatic rings. The summed E-state index contributed by atoms with van der Waals surface area (Å²) in [6.07, 6.45) is 8.99. The molecule has 0 saturated heterocycles. The van der Waals surface area contributed by atoms with Crippen molar-refractivity contribution >= 4 is 0 Å². The fourth-order valence-corrected chi connectivity index (χ4v) is 2.98. The van der Waals surface area contributed by atoms with Crippen LogP contribution in [-0.4, -0.2) is 0 Å². The van der Waals surface area contributed by atoms with Crippen molar-refractivity contribution in [3.8, 4) is 22.3 Å². The lowest BCUT2D eigenvalue weighted by Crippen LogP contribution is -1.81. The summed E-state index contributed by atoms with van der Waals surface area (Å²) in [5, 5.41) is 0. The standard InChI is InChI=1S/C19H16.C7H10.C2H6/c1-15-10-12-17(13-11-15)19-9-5-8-18(14-19)16-6-3-2-4-7-16;1-7-5-3-2-4-6-7;1-2/h2-14H,1H3;2-3,5H,4,6H2,1H3;1-2H3. The fraction of sp³-hybridized carbons (Fsp3) is 0.214. The van der Waals surface area contributed by atoms with Crippen LogP contribution in [0.3, 0.4) is 0 Å². The Kier molecular flexibility index (Phi) is 9.01. The van der Waals surface area contributed by atoms with E-state index in [9.17, 15) is 0 Å². The predicted octanol–water partition coefficient (Wildman–Crippen LogP) is 8.64. The number of aryl methyl sites for hydroxylation is 1. The zero-order valence-corrected chi connectivity index (χ0v) is 17.7. The molecule has 0 heteroatoms. The van der Waals surface area contributed by atoms with Gasteiger partial charge in [0, 0.05) is 0 Å². The Bertz CT molecular complexity index is 881. The zero-order valence-electron chi connectivity index (χ0n) is 17.7. The highest BCUT2D eigenvalue weighted by molar-refractivity contribution is 5.73. The minimum Gasteiger partial charge on any atom is -0.0842 e. The molecule has 144 valence electrons. The van der Waals surface area contributed by atoms with Crippen LogP contribution in [0, 0.1) is 6.92 Å². The fourth-order valence-electron chi connectivity index (χ4n) is 2.98. The van der Waals surface area contributed by atoms with Crippen LogP contribution in [0.2, 0.25) is 0 Å². The first-order chi connectivity index (χ1) is 13.7. The monoisotopic (exact) mass is 368 g/mol. The molecule has 0 atom stereocenters. The minimum atomic E-state index is 1.24. The average Bonchev–Trinajstić information content (AvgIpc) is 2.77. The normalized spacial score (nSPS) is 12.1. The summed E-state index contributed by atoms with van der Waals surface area (Å²) in [5.41, 5.74) is 7.85. The van der Waals surface area contributed by atoms with Crippen molar-refractivity contribution in [3.63, 3.8) is 0 Å². The van der Waals surface area contributed by atoms with Crippen LogP contribution in [0.1, 0.15) is 39.2 Å². The Hall–Kier alpha value is -2.86. The molecule has 4 rings (SSSR count). The Labute approximate surface area is 171 Å². The number of hydrogen-bond donors (Lipinski definition) is 0. The molecule has 0 bridgehead atoms. The van der Waals surface area contributed by atoms with E-state index in [1.165, 1.54) is 46.2 Å². The third-order valence-corrected chi connectivity index (χ3v) is 4.58. The molecule has 0 radical (unpaired) electrons. The van der Waals surface area contributed by atoms with Gasteiger partial charge in [0.2, 0.25) is 0 Å². The van der Waals surface area contributed by atoms with E-state index in [0.29, 0.717) is 0 Å². The second kappa shape index (κ2) is 11.8. The van der Waals surface area contributed by atoms with E-state index >= 15 is 0 Å². The quantitative estimate of drug-likeness (QED) is 0.424. The van der Waals surface area contributed by atoms with Crippen LogP contribution in [0.25, 0.3) is 22.3 Å². The molecular weight excluding hydrogens is 336 g/mol. The first-order valence-electron chi connectivity index (χ1n) is 10.3. The summed E-state index contributed by atoms with van der Waals surface area (Å²) in [6.45, 7) is 8.29. The van der Waals surface area contributed by atoms with Gasteiger partial charge in [0.15, 0.2) is 0 Å². The molecule has 0 spiro atoms. The van der Waals surface area contributed by atoms with E-state index in [0.717, 1.165) is 0 Å². The van der Waals surface area contributed by atoms with E-state index in [1.807, 2.05) is 19.9 Å². The van der Waals surface area contributed by atoms with Crippen LogP contribution in [-0.2, 0) is 0 Å². The van der Waals surface area contributed by atoms with Crippen molar-refractivity contribution in [2.45, 2.75) is 40.5 Å². The Balaban J connectivity index is 0.000000261. The third-order valence-electron chi connectivity index (χ3n) is 4.58. The van der Waals surface area contributed by atoms with Crippen molar-refractivity contribution in [3.05, 3.63) is 108 Å². The van der Waals surface area contributed by atoms with Gasteiger partial charge in [-0.05, 0) is 55.0 Å². The molecule has 28 heavy (non-hydrogen) atoms. The topological polar surface area (TPSA) is 0 Å². The van der Waals surface area contributed by atoms with Crippen molar-refractivity contribution in [1.82, 2.24) is 0 Å². The molecule has 3 aromatic carbocycles. The van der Waals surface area contributed by atoms with Gasteiger partial charge in [-0.1, -0.05) is 116 Å². The van der Waals surface area contributed by atoms with E-state index in [-0.39, 0.29) is 0 Å². The molecule has 0 nitrogen and oxygen atoms in total. The predicted molar refractivity (Wildman–Crippen MR) is 126 cm³/mol. The summed E-state index contributed by atoms with van der Waals surface area (Å²) in [5.74, 6) is 0. The highest BCUT2D eigenvalue weighted by Gasteiger charge is 2.01. The zero-order chi connectivity index (χ0) is 20.2. The molecule has 0 aliphatic heterocycles. The number of benzene rings is 3. The van der Waals surface area contributed by atoms with Crippen molar-refractivity contribution in [1.29, 1.82) is 0 Å². The second-order valence-electron chi connectivity index (χ2n) is 6.79. The van der Waals surface area contributed by atoms with E-state index in [2.05, 4.69) is 105 Å². The summed E-state index contributed by atoms with van der Waals surface area (Å²) in [4.78, 5) is 0. The molecule has 3 aromatic rings. The molecule has 0 fully saturated rings. The maximum absolute atomic E-state index is 2.25. The molecular formula is C28H32. The van der Waals surface area contributed by atoms with Crippen LogP contribution >= 0.6 is 0 Å². The smallest absolute Gasteiger partial charge is 0.0178 e. The van der Waals surface area contributed by atoms with Gasteiger partial charge in [0.1, 0.15) is 0 Å². The summed E-state index contributed by atoms with van der Waals surface area (Å²) in [6, 6.07) is 27.9. The average molecular weight is 369 g/mol.